The summed E-state index contributed by atoms with van der Waals surface area (Å²) in [5.41, 5.74) is 0. The van der Waals surface area contributed by atoms with Crippen molar-refractivity contribution < 1.29 is 36.9 Å². The quantitative estimate of drug-likeness (QED) is 0.210. The van der Waals surface area contributed by atoms with Gasteiger partial charge in [0.1, 0.15) is 0 Å². The summed E-state index contributed by atoms with van der Waals surface area (Å²) >= 11 is 0. The van der Waals surface area contributed by atoms with Crippen molar-refractivity contribution in [3.05, 3.63) is 36.6 Å². The molecule has 33 heavy (non-hydrogen) atoms. The molecular weight excluding hydrogens is 448 g/mol. The molecule has 0 bridgehead atoms. The van der Waals surface area contributed by atoms with Crippen LogP contribution in [0.25, 0.3) is 0 Å². The highest BCUT2D eigenvalue weighted by molar-refractivity contribution is 7.91. The van der Waals surface area contributed by atoms with Crippen LogP contribution in [0.4, 0.5) is 0 Å². The van der Waals surface area contributed by atoms with Crippen LogP contribution in [-0.4, -0.2) is 71.8 Å². The molecule has 0 radical (unpaired) electrons. The Morgan fingerprint density at radius 2 is 2.00 bits per heavy atom. The fourth-order valence-corrected chi connectivity index (χ4v) is 6.03. The third-order valence-corrected chi connectivity index (χ3v) is 7.80. The number of carbonyl (C=O) groups excluding carboxylic acids is 1. The lowest BCUT2D eigenvalue weighted by molar-refractivity contribution is -0.144. The van der Waals surface area contributed by atoms with Gasteiger partial charge in [0.2, 0.25) is 6.29 Å². The molecule has 2 unspecified atom stereocenters. The maximum Gasteiger partial charge on any atom is 0.305 e. The van der Waals surface area contributed by atoms with Gasteiger partial charge in [0.25, 0.3) is 0 Å². The molecule has 2 rings (SSSR count). The number of ether oxygens (including phenoxy) is 5. The highest BCUT2D eigenvalue weighted by atomic mass is 32.2. The minimum Gasteiger partial charge on any atom is -0.469 e. The average molecular weight is 487 g/mol. The van der Waals surface area contributed by atoms with Crippen molar-refractivity contribution in [1.82, 2.24) is 0 Å². The standard InChI is InChI=1S/C24H38O8S/c1-18(30-16-15-28-2)24-19(11-7-5-6-8-12-22(25)29-3)21(33(4,26)27)17-20(24)32-23-13-9-10-14-31-23/h5,7,9-10,13-14,18-21,23-24H,6,8,11-12,15-17H2,1-4H3/b7-5-/t18?,19-,20+,21-,23-,24?/m1/s1. The zero-order valence-corrected chi connectivity index (χ0v) is 20.9. The van der Waals surface area contributed by atoms with E-state index in [0.29, 0.717) is 38.9 Å². The zero-order chi connectivity index (χ0) is 24.3. The van der Waals surface area contributed by atoms with Crippen LogP contribution in [0.15, 0.2) is 36.6 Å². The maximum absolute atomic E-state index is 12.7. The van der Waals surface area contributed by atoms with Gasteiger partial charge in [0, 0.05) is 25.7 Å². The van der Waals surface area contributed by atoms with E-state index in [4.69, 9.17) is 18.9 Å². The van der Waals surface area contributed by atoms with Crippen molar-refractivity contribution in [2.45, 2.75) is 62.8 Å². The number of carbonyl (C=O) groups is 1. The van der Waals surface area contributed by atoms with Crippen molar-refractivity contribution in [1.29, 1.82) is 0 Å². The smallest absolute Gasteiger partial charge is 0.305 e. The van der Waals surface area contributed by atoms with Crippen LogP contribution < -0.4 is 0 Å². The monoisotopic (exact) mass is 486 g/mol. The number of unbranched alkanes of at least 4 members (excludes halogenated alkanes) is 1. The lowest BCUT2D eigenvalue weighted by atomic mass is 9.87. The van der Waals surface area contributed by atoms with Gasteiger partial charge in [-0.25, -0.2) is 8.42 Å². The van der Waals surface area contributed by atoms with Crippen molar-refractivity contribution in [3.63, 3.8) is 0 Å². The van der Waals surface area contributed by atoms with Crippen molar-refractivity contribution >= 4 is 15.8 Å². The molecule has 2 aliphatic rings. The van der Waals surface area contributed by atoms with E-state index in [1.807, 2.05) is 25.2 Å². The largest absolute Gasteiger partial charge is 0.469 e. The van der Waals surface area contributed by atoms with E-state index in [1.54, 1.807) is 25.5 Å². The van der Waals surface area contributed by atoms with Gasteiger partial charge in [-0.2, -0.15) is 0 Å². The fraction of sp³-hybridized carbons (Fsp3) is 0.708. The molecule has 6 atom stereocenters. The van der Waals surface area contributed by atoms with Crippen molar-refractivity contribution in [3.8, 4) is 0 Å². The van der Waals surface area contributed by atoms with E-state index >= 15 is 0 Å². The lowest BCUT2D eigenvalue weighted by Gasteiger charge is -2.32. The van der Waals surface area contributed by atoms with Crippen LogP contribution in [0.1, 0.15) is 39.0 Å². The van der Waals surface area contributed by atoms with Gasteiger partial charge in [0.05, 0.1) is 44.0 Å². The van der Waals surface area contributed by atoms with Crippen LogP contribution in [0, 0.1) is 11.8 Å². The Morgan fingerprint density at radius 3 is 2.64 bits per heavy atom. The summed E-state index contributed by atoms with van der Waals surface area (Å²) in [7, 11) is -0.315. The number of methoxy groups -OCH3 is 2. The van der Waals surface area contributed by atoms with Crippen molar-refractivity contribution in [2.75, 3.05) is 33.7 Å². The van der Waals surface area contributed by atoms with Crippen LogP contribution in [0.3, 0.4) is 0 Å². The van der Waals surface area contributed by atoms with E-state index < -0.39 is 21.4 Å². The Balaban J connectivity index is 2.14. The minimum atomic E-state index is -3.31. The maximum atomic E-state index is 12.7. The molecule has 1 fully saturated rings. The van der Waals surface area contributed by atoms with Gasteiger partial charge < -0.3 is 23.7 Å². The van der Waals surface area contributed by atoms with Gasteiger partial charge in [-0.3, -0.25) is 4.79 Å². The summed E-state index contributed by atoms with van der Waals surface area (Å²) in [4.78, 5) is 11.3. The molecule has 0 N–H and O–H groups in total. The molecule has 188 valence electrons. The molecule has 1 saturated carbocycles. The lowest BCUT2D eigenvalue weighted by Crippen LogP contribution is -2.37. The normalized spacial score (nSPS) is 28.2. The van der Waals surface area contributed by atoms with Crippen LogP contribution >= 0.6 is 0 Å². The van der Waals surface area contributed by atoms with Crippen LogP contribution in [0.5, 0.6) is 0 Å². The number of hydrogen-bond donors (Lipinski definition) is 0. The summed E-state index contributed by atoms with van der Waals surface area (Å²) in [6.45, 7) is 2.84. The highest BCUT2D eigenvalue weighted by Gasteiger charge is 2.50. The Bertz CT molecular complexity index is 788. The third-order valence-electron chi connectivity index (χ3n) is 6.16. The van der Waals surface area contributed by atoms with Crippen LogP contribution in [-0.2, 0) is 38.3 Å². The summed E-state index contributed by atoms with van der Waals surface area (Å²) in [6.07, 6.45) is 13.9. The van der Waals surface area contributed by atoms with Gasteiger partial charge in [-0.1, -0.05) is 18.2 Å². The first-order valence-corrected chi connectivity index (χ1v) is 13.4. The topological polar surface area (TPSA) is 97.4 Å². The first-order chi connectivity index (χ1) is 15.8. The first kappa shape index (κ1) is 27.6. The first-order valence-electron chi connectivity index (χ1n) is 11.4. The molecule has 0 aromatic carbocycles. The Morgan fingerprint density at radius 1 is 1.21 bits per heavy atom. The molecule has 0 aromatic heterocycles. The number of rotatable bonds is 14. The van der Waals surface area contributed by atoms with E-state index in [1.165, 1.54) is 13.4 Å². The second-order valence-corrected chi connectivity index (χ2v) is 10.7. The Kier molecular flexibility index (Phi) is 11.6. The summed E-state index contributed by atoms with van der Waals surface area (Å²) in [5.74, 6) is -0.529. The van der Waals surface area contributed by atoms with E-state index in [0.717, 1.165) is 6.42 Å². The summed E-state index contributed by atoms with van der Waals surface area (Å²) in [5, 5.41) is -0.538. The zero-order valence-electron chi connectivity index (χ0n) is 20.1. The molecule has 1 aliphatic carbocycles. The van der Waals surface area contributed by atoms with Gasteiger partial charge in [-0.05, 0) is 50.7 Å². The number of hydrogen-bond acceptors (Lipinski definition) is 8. The second-order valence-electron chi connectivity index (χ2n) is 8.48. The second kappa shape index (κ2) is 13.9. The summed E-state index contributed by atoms with van der Waals surface area (Å²) < 4.78 is 52.9. The van der Waals surface area contributed by atoms with Gasteiger partial charge in [0.15, 0.2) is 9.84 Å². The van der Waals surface area contributed by atoms with Crippen LogP contribution in [0.2, 0.25) is 0 Å². The number of sulfone groups is 1. The molecular formula is C24H38O8S. The van der Waals surface area contributed by atoms with Gasteiger partial charge in [-0.15, -0.1) is 0 Å². The molecule has 1 aliphatic heterocycles. The third kappa shape index (κ3) is 8.88. The van der Waals surface area contributed by atoms with E-state index in [-0.39, 0.29) is 30.0 Å². The SMILES string of the molecule is COCCOC(C)C1[C@@H](O[C@@H]2C=CC=CO2)C[C@@H](S(C)(=O)=O)[C@H]1C/C=C\CCCC(=O)OC. The highest BCUT2D eigenvalue weighted by Crippen LogP contribution is 2.43. The molecule has 0 spiro atoms. The molecule has 8 nitrogen and oxygen atoms in total. The average Bonchev–Trinajstić information content (AvgIpc) is 3.15. The fourth-order valence-electron chi connectivity index (χ4n) is 4.57. The van der Waals surface area contributed by atoms with E-state index in [2.05, 4.69) is 4.74 Å². The Labute approximate surface area is 197 Å². The molecule has 0 saturated heterocycles. The molecule has 0 amide bonds. The minimum absolute atomic E-state index is 0.135. The van der Waals surface area contributed by atoms with E-state index in [9.17, 15) is 13.2 Å². The summed E-state index contributed by atoms with van der Waals surface area (Å²) in [6, 6.07) is 0. The number of allylic oxidation sites excluding steroid dienone is 4. The molecule has 1 heterocycles. The van der Waals surface area contributed by atoms with Gasteiger partial charge >= 0.3 is 5.97 Å². The van der Waals surface area contributed by atoms with Crippen molar-refractivity contribution in [2.24, 2.45) is 11.8 Å². The number of esters is 1. The Hall–Kier alpha value is -1.68. The molecule has 9 heteroatoms. The predicted molar refractivity (Wildman–Crippen MR) is 125 cm³/mol. The molecule has 0 aromatic rings. The predicted octanol–water partition coefficient (Wildman–Crippen LogP) is 3.19.